The molecule has 308 valence electrons. The van der Waals surface area contributed by atoms with Crippen LogP contribution in [0.2, 0.25) is 0 Å². The first-order chi connectivity index (χ1) is 27.4. The number of rotatable bonds is 14. The maximum Gasteiger partial charge on any atom is 0.350 e. The molecule has 0 aliphatic carbocycles. The van der Waals surface area contributed by atoms with Gasteiger partial charge in [0.2, 0.25) is 23.5 Å². The minimum atomic E-state index is -1.81. The van der Waals surface area contributed by atoms with E-state index in [-0.39, 0.29) is 72.2 Å². The van der Waals surface area contributed by atoms with Gasteiger partial charge in [-0.15, -0.1) is 32.9 Å². The number of thioether (sulfide) groups is 2. The van der Waals surface area contributed by atoms with Crippen LogP contribution >= 0.6 is 35.1 Å². The number of nitrogen functional groups attached to an aromatic ring is 2. The number of carboxylic acids is 2. The summed E-state index contributed by atoms with van der Waals surface area (Å²) in [7, 11) is 1.61. The molecule has 0 aromatic carbocycles. The number of nitrogens with one attached hydrogen (secondary N) is 2. The summed E-state index contributed by atoms with van der Waals surface area (Å²) >= 11 is 3.38. The third-order valence-corrected chi connectivity index (χ3v) is 13.3. The highest BCUT2D eigenvalue weighted by atomic mass is 32.2. The van der Waals surface area contributed by atoms with Crippen LogP contribution in [0.25, 0.3) is 0 Å². The number of carbonyl (C=O) groups is 7. The lowest BCUT2D eigenvalue weighted by molar-refractivity contribution is -0.765. The van der Waals surface area contributed by atoms with Crippen LogP contribution in [-0.2, 0) is 47.2 Å². The van der Waals surface area contributed by atoms with Crippen molar-refractivity contribution in [1.29, 1.82) is 0 Å². The second kappa shape index (κ2) is 15.2. The Morgan fingerprint density at radius 1 is 1.12 bits per heavy atom. The number of anilines is 3. The van der Waals surface area contributed by atoms with Crippen LogP contribution in [0.1, 0.15) is 26.1 Å². The van der Waals surface area contributed by atoms with Gasteiger partial charge in [0.05, 0.1) is 30.0 Å². The van der Waals surface area contributed by atoms with Gasteiger partial charge in [0.25, 0.3) is 11.8 Å². The van der Waals surface area contributed by atoms with E-state index in [9.17, 15) is 43.8 Å². The van der Waals surface area contributed by atoms with Crippen molar-refractivity contribution in [3.05, 3.63) is 34.6 Å². The fourth-order valence-electron chi connectivity index (χ4n) is 6.96. The highest BCUT2D eigenvalue weighted by Gasteiger charge is 2.61. The molecule has 5 aliphatic rings. The molecule has 0 bridgehead atoms. The summed E-state index contributed by atoms with van der Waals surface area (Å²) in [5.74, 6) is -5.77. The van der Waals surface area contributed by atoms with Gasteiger partial charge in [-0.1, -0.05) is 5.16 Å². The Kier molecular flexibility index (Phi) is 10.6. The van der Waals surface area contributed by atoms with E-state index in [1.165, 1.54) is 58.0 Å². The van der Waals surface area contributed by atoms with E-state index in [0.29, 0.717) is 16.9 Å². The molecule has 5 aliphatic heterocycles. The molecule has 5 amide bonds. The highest BCUT2D eigenvalue weighted by Crippen LogP contribution is 2.50. The number of aliphatic carboxylic acids is 2. The van der Waals surface area contributed by atoms with Crippen LogP contribution in [0, 0.1) is 5.92 Å². The number of fused-ring (bicyclic) bond motifs is 3. The first kappa shape index (κ1) is 40.5. The minimum Gasteiger partial charge on any atom is -0.543 e. The lowest BCUT2D eigenvalue weighted by Gasteiger charge is -2.53. The summed E-state index contributed by atoms with van der Waals surface area (Å²) < 4.78 is 7.08. The largest absolute Gasteiger partial charge is 0.543 e. The molecule has 7 rings (SSSR count). The Balaban J connectivity index is 1.04. The zero-order valence-electron chi connectivity index (χ0n) is 31.0. The quantitative estimate of drug-likeness (QED) is 0.0466. The Morgan fingerprint density at radius 3 is 2.50 bits per heavy atom. The van der Waals surface area contributed by atoms with Gasteiger partial charge in [-0.2, -0.15) is 9.36 Å². The molecule has 2 saturated heterocycles. The van der Waals surface area contributed by atoms with Gasteiger partial charge in [-0.25, -0.2) is 9.59 Å². The van der Waals surface area contributed by atoms with Crippen LogP contribution in [0.15, 0.2) is 33.9 Å². The molecular weight excluding hydrogens is 823 g/mol. The maximum absolute atomic E-state index is 14.0. The molecular formula is C32H37N13O10S3. The van der Waals surface area contributed by atoms with Crippen LogP contribution < -0.4 is 37.6 Å². The molecule has 7 heterocycles. The SMILES string of the molecule is Cn1c(N)c(NC(=O)NCCN)c[n+]1CC1=C(C(=O)[O-])N2C(=O)[C@@H](N3CC4=C(C3=O)N3C(=O)[C@@H](CC(=O)/C(=N\OC(C)(C)C(=O)O)c5nsc(N)n5)[C@H]3SC4)[C@H]2SC1. The van der Waals surface area contributed by atoms with Crippen molar-refractivity contribution in [2.75, 3.05) is 47.9 Å². The van der Waals surface area contributed by atoms with E-state index in [0.717, 1.165) is 16.4 Å². The number of nitrogens with two attached hydrogens (primary N) is 3. The third kappa shape index (κ3) is 6.87. The van der Waals surface area contributed by atoms with Crippen molar-refractivity contribution in [2.24, 2.45) is 23.9 Å². The molecule has 2 aromatic rings. The van der Waals surface area contributed by atoms with Gasteiger partial charge in [-0.05, 0) is 19.4 Å². The first-order valence-electron chi connectivity index (χ1n) is 17.5. The zero-order valence-corrected chi connectivity index (χ0v) is 33.4. The number of aromatic nitrogens is 4. The van der Waals surface area contributed by atoms with Crippen LogP contribution in [0.4, 0.5) is 21.4 Å². The van der Waals surface area contributed by atoms with Gasteiger partial charge in [-0.3, -0.25) is 34.3 Å². The van der Waals surface area contributed by atoms with Crippen molar-refractivity contribution in [1.82, 2.24) is 34.1 Å². The van der Waals surface area contributed by atoms with E-state index in [1.54, 1.807) is 11.7 Å². The molecule has 0 unspecified atom stereocenters. The van der Waals surface area contributed by atoms with Gasteiger partial charge in [0, 0.05) is 54.7 Å². The zero-order chi connectivity index (χ0) is 42.0. The molecule has 2 aromatic heterocycles. The summed E-state index contributed by atoms with van der Waals surface area (Å²) in [5, 5.41) is 29.6. The maximum atomic E-state index is 14.0. The van der Waals surface area contributed by atoms with E-state index >= 15 is 0 Å². The summed E-state index contributed by atoms with van der Waals surface area (Å²) in [6.07, 6.45) is 1.14. The number of amides is 5. The standard InChI is InChI=1S/C32H37N13O10S3/c1-32(2,29(52)53)55-39-17(22-38-30(35)58-40-22)16(46)6-14-23(47)44-18-13(11-56-26(14)44)8-43(24(18)48)20-25(49)45-19(28(50)51)12(10-57-27(20)45)7-42-9-15(21(34)41(42)3)37-31(54)36-5-4-33/h9,14,20,26-27,34H,4-8,10-11,33H2,1-3H3,(H6,35,36,37,38,40,50,51,52,53,54)/b39-17+/t14-,20-,26-,27-/m1/s1. The molecule has 2 fully saturated rings. The van der Waals surface area contributed by atoms with E-state index < -0.39 is 75.5 Å². The average molecular weight is 860 g/mol. The van der Waals surface area contributed by atoms with Crippen molar-refractivity contribution in [3.8, 4) is 0 Å². The topological polar surface area (TPSA) is 331 Å². The molecule has 0 radical (unpaired) electrons. The van der Waals surface area contributed by atoms with Crippen LogP contribution in [0.5, 0.6) is 0 Å². The number of urea groups is 1. The Labute approximate surface area is 340 Å². The molecule has 0 saturated carbocycles. The predicted molar refractivity (Wildman–Crippen MR) is 204 cm³/mol. The van der Waals surface area contributed by atoms with Crippen LogP contribution in [0.3, 0.4) is 0 Å². The number of oxime groups is 1. The number of hydrogen-bond acceptors (Lipinski definition) is 18. The number of Topliss-reactive ketones (excluding diaryl/α,β-unsaturated/α-hetero) is 1. The van der Waals surface area contributed by atoms with Crippen molar-refractivity contribution in [2.45, 2.75) is 49.2 Å². The fraction of sp³-hybridized carbons (Fsp3) is 0.469. The smallest absolute Gasteiger partial charge is 0.350 e. The first-order valence-corrected chi connectivity index (χ1v) is 20.4. The Morgan fingerprint density at radius 2 is 1.84 bits per heavy atom. The van der Waals surface area contributed by atoms with Gasteiger partial charge >= 0.3 is 12.0 Å². The van der Waals surface area contributed by atoms with Gasteiger partial charge in [0.15, 0.2) is 34.7 Å². The Bertz CT molecular complexity index is 2270. The number of carboxylic acid groups (broad SMARTS) is 2. The third-order valence-electron chi connectivity index (χ3n) is 10.1. The summed E-state index contributed by atoms with van der Waals surface area (Å²) in [6.45, 7) is 2.95. The number of carbonyl (C=O) groups excluding carboxylic acids is 6. The lowest BCUT2D eigenvalue weighted by atomic mass is 9.89. The fourth-order valence-corrected chi connectivity index (χ4v) is 10.2. The summed E-state index contributed by atoms with van der Waals surface area (Å²) in [6, 6.07) is -1.56. The van der Waals surface area contributed by atoms with Gasteiger partial charge in [0.1, 0.15) is 17.1 Å². The molecule has 9 N–H and O–H groups in total. The second-order valence-electron chi connectivity index (χ2n) is 14.1. The molecule has 23 nitrogen and oxygen atoms in total. The van der Waals surface area contributed by atoms with Crippen LogP contribution in [-0.4, -0.2) is 135 Å². The average Bonchev–Trinajstić information content (AvgIpc) is 3.82. The highest BCUT2D eigenvalue weighted by molar-refractivity contribution is 8.00. The molecule has 26 heteroatoms. The summed E-state index contributed by atoms with van der Waals surface area (Å²) in [4.78, 5) is 104. The van der Waals surface area contributed by atoms with E-state index in [1.807, 2.05) is 0 Å². The number of nitrogens with zero attached hydrogens (tertiary/aromatic N) is 8. The molecule has 0 spiro atoms. The number of ketones is 1. The number of hydrogen-bond donors (Lipinski definition) is 6. The van der Waals surface area contributed by atoms with Crippen molar-refractivity contribution >= 4 is 98.9 Å². The number of β-lactam (4-membered cyclic amide) rings is 2. The molecule has 58 heavy (non-hydrogen) atoms. The monoisotopic (exact) mass is 859 g/mol. The second-order valence-corrected chi connectivity index (χ2v) is 17.1. The Hall–Kier alpha value is -5.73. The normalized spacial score (nSPS) is 22.9. The summed E-state index contributed by atoms with van der Waals surface area (Å²) in [5.41, 5.74) is 16.1. The lowest BCUT2D eigenvalue weighted by Crippen LogP contribution is -2.72. The van der Waals surface area contributed by atoms with Crippen molar-refractivity contribution < 1.29 is 53.3 Å². The van der Waals surface area contributed by atoms with E-state index in [2.05, 4.69) is 25.1 Å². The predicted octanol–water partition coefficient (Wildman–Crippen LogP) is -3.43. The molecule has 4 atom stereocenters. The van der Waals surface area contributed by atoms with Gasteiger partial charge < -0.3 is 47.3 Å². The minimum absolute atomic E-state index is 0.0167. The van der Waals surface area contributed by atoms with E-state index in [4.69, 9.17) is 22.0 Å². The van der Waals surface area contributed by atoms with Crippen molar-refractivity contribution in [3.63, 3.8) is 0 Å².